The number of hydrogen-bond acceptors (Lipinski definition) is 3. The topological polar surface area (TPSA) is 27.0 Å². The Bertz CT molecular complexity index is 303. The maximum absolute atomic E-state index is 8.57. The minimum Gasteiger partial charge on any atom is -0.286 e. The molecule has 0 unspecified atom stereocenters. The minimum atomic E-state index is 0.501. The van der Waals surface area contributed by atoms with Crippen LogP contribution in [0.25, 0.3) is 0 Å². The van der Waals surface area contributed by atoms with Crippen molar-refractivity contribution in [3.8, 4) is 6.07 Å². The van der Waals surface area contributed by atoms with Gasteiger partial charge in [0.2, 0.25) is 0 Å². The molecular formula is C9H11BrN2S. The van der Waals surface area contributed by atoms with E-state index in [1.807, 2.05) is 6.07 Å². The normalized spacial score (nSPS) is 10.3. The molecule has 13 heavy (non-hydrogen) atoms. The van der Waals surface area contributed by atoms with Gasteiger partial charge in [0.05, 0.1) is 12.6 Å². The van der Waals surface area contributed by atoms with Crippen molar-refractivity contribution >= 4 is 27.3 Å². The molecule has 0 fully saturated rings. The third kappa shape index (κ3) is 3.11. The molecule has 0 aromatic carbocycles. The predicted octanol–water partition coefficient (Wildman–Crippen LogP) is 2.86. The molecule has 0 N–H and O–H groups in total. The third-order valence-corrected chi connectivity index (χ3v) is 3.71. The lowest BCUT2D eigenvalue weighted by Crippen LogP contribution is -2.22. The van der Waals surface area contributed by atoms with Gasteiger partial charge >= 0.3 is 0 Å². The molecule has 0 aliphatic carbocycles. The summed E-state index contributed by atoms with van der Waals surface area (Å²) in [5.41, 5.74) is 0. The smallest absolute Gasteiger partial charge is 0.0869 e. The van der Waals surface area contributed by atoms with E-state index in [0.717, 1.165) is 17.6 Å². The number of hydrogen-bond donors (Lipinski definition) is 0. The van der Waals surface area contributed by atoms with E-state index in [9.17, 15) is 0 Å². The van der Waals surface area contributed by atoms with Crippen molar-refractivity contribution in [2.75, 3.05) is 13.1 Å². The summed E-state index contributed by atoms with van der Waals surface area (Å²) in [5, 5.41) is 10.6. The van der Waals surface area contributed by atoms with E-state index >= 15 is 0 Å². The van der Waals surface area contributed by atoms with Gasteiger partial charge in [-0.3, -0.25) is 4.90 Å². The molecule has 0 amide bonds. The Morgan fingerprint density at radius 1 is 1.69 bits per heavy atom. The largest absolute Gasteiger partial charge is 0.286 e. The fourth-order valence-electron chi connectivity index (χ4n) is 1.02. The Morgan fingerprint density at radius 2 is 2.46 bits per heavy atom. The highest BCUT2D eigenvalue weighted by molar-refractivity contribution is 9.10. The van der Waals surface area contributed by atoms with E-state index in [1.165, 1.54) is 4.88 Å². The SMILES string of the molecule is CCN(CC#N)Cc1sccc1Br. The van der Waals surface area contributed by atoms with Gasteiger partial charge in [0.1, 0.15) is 0 Å². The summed E-state index contributed by atoms with van der Waals surface area (Å²) in [6.45, 7) is 4.35. The molecule has 1 rings (SSSR count). The quantitative estimate of drug-likeness (QED) is 0.777. The van der Waals surface area contributed by atoms with E-state index in [0.29, 0.717) is 6.54 Å². The number of halogens is 1. The van der Waals surface area contributed by atoms with Gasteiger partial charge in [-0.05, 0) is 33.9 Å². The van der Waals surface area contributed by atoms with Gasteiger partial charge in [-0.1, -0.05) is 6.92 Å². The van der Waals surface area contributed by atoms with Crippen molar-refractivity contribution in [3.63, 3.8) is 0 Å². The predicted molar refractivity (Wildman–Crippen MR) is 58.6 cm³/mol. The molecule has 0 aliphatic heterocycles. The molecule has 2 nitrogen and oxygen atoms in total. The van der Waals surface area contributed by atoms with E-state index in [-0.39, 0.29) is 0 Å². The highest BCUT2D eigenvalue weighted by atomic mass is 79.9. The van der Waals surface area contributed by atoms with Crippen molar-refractivity contribution in [2.45, 2.75) is 13.5 Å². The van der Waals surface area contributed by atoms with Crippen LogP contribution in [-0.4, -0.2) is 18.0 Å². The maximum Gasteiger partial charge on any atom is 0.0869 e. The highest BCUT2D eigenvalue weighted by Gasteiger charge is 2.06. The molecule has 0 bridgehead atoms. The summed E-state index contributed by atoms with van der Waals surface area (Å²) in [5.74, 6) is 0. The fourth-order valence-corrected chi connectivity index (χ4v) is 2.54. The lowest BCUT2D eigenvalue weighted by Gasteiger charge is -2.15. The minimum absolute atomic E-state index is 0.501. The number of thiophene rings is 1. The van der Waals surface area contributed by atoms with Crippen LogP contribution in [0.3, 0.4) is 0 Å². The highest BCUT2D eigenvalue weighted by Crippen LogP contribution is 2.23. The van der Waals surface area contributed by atoms with E-state index in [2.05, 4.69) is 39.2 Å². The van der Waals surface area contributed by atoms with Crippen LogP contribution in [0.15, 0.2) is 15.9 Å². The van der Waals surface area contributed by atoms with Crippen molar-refractivity contribution in [1.29, 1.82) is 5.26 Å². The zero-order chi connectivity index (χ0) is 9.68. The lowest BCUT2D eigenvalue weighted by atomic mass is 10.4. The van der Waals surface area contributed by atoms with E-state index in [4.69, 9.17) is 5.26 Å². The third-order valence-electron chi connectivity index (χ3n) is 1.80. The number of nitrogens with zero attached hydrogens (tertiary/aromatic N) is 2. The molecule has 70 valence electrons. The summed E-state index contributed by atoms with van der Waals surface area (Å²) >= 11 is 5.20. The second kappa shape index (κ2) is 5.38. The summed E-state index contributed by atoms with van der Waals surface area (Å²) < 4.78 is 1.15. The molecule has 0 radical (unpaired) electrons. The summed E-state index contributed by atoms with van der Waals surface area (Å²) in [7, 11) is 0. The molecule has 1 aromatic rings. The van der Waals surface area contributed by atoms with Gasteiger partial charge < -0.3 is 0 Å². The van der Waals surface area contributed by atoms with Gasteiger partial charge in [0.25, 0.3) is 0 Å². The van der Waals surface area contributed by atoms with Crippen LogP contribution in [-0.2, 0) is 6.54 Å². The summed E-state index contributed by atoms with van der Waals surface area (Å²) in [6.07, 6.45) is 0. The van der Waals surface area contributed by atoms with Gasteiger partial charge in [-0.15, -0.1) is 11.3 Å². The average molecular weight is 259 g/mol. The Labute approximate surface area is 90.9 Å². The molecule has 0 spiro atoms. The molecule has 0 atom stereocenters. The van der Waals surface area contributed by atoms with Crippen LogP contribution in [0.2, 0.25) is 0 Å². The van der Waals surface area contributed by atoms with Gasteiger partial charge in [-0.2, -0.15) is 5.26 Å². The van der Waals surface area contributed by atoms with Crippen LogP contribution < -0.4 is 0 Å². The standard InChI is InChI=1S/C9H11BrN2S/c1-2-12(5-4-11)7-9-8(10)3-6-13-9/h3,6H,2,5,7H2,1H3. The van der Waals surface area contributed by atoms with Crippen molar-refractivity contribution < 1.29 is 0 Å². The van der Waals surface area contributed by atoms with Gasteiger partial charge in [0, 0.05) is 15.9 Å². The van der Waals surface area contributed by atoms with Crippen molar-refractivity contribution in [2.24, 2.45) is 0 Å². The maximum atomic E-state index is 8.57. The van der Waals surface area contributed by atoms with Crippen LogP contribution in [0.4, 0.5) is 0 Å². The zero-order valence-electron chi connectivity index (χ0n) is 7.46. The van der Waals surface area contributed by atoms with Crippen LogP contribution >= 0.6 is 27.3 Å². The first kappa shape index (κ1) is 10.7. The van der Waals surface area contributed by atoms with Crippen molar-refractivity contribution in [1.82, 2.24) is 4.90 Å². The van der Waals surface area contributed by atoms with Crippen LogP contribution in [0, 0.1) is 11.3 Å². The monoisotopic (exact) mass is 258 g/mol. The first-order chi connectivity index (χ1) is 6.27. The van der Waals surface area contributed by atoms with Crippen LogP contribution in [0.1, 0.15) is 11.8 Å². The Hall–Kier alpha value is -0.370. The second-order valence-corrected chi connectivity index (χ2v) is 4.51. The Morgan fingerprint density at radius 3 is 2.92 bits per heavy atom. The van der Waals surface area contributed by atoms with E-state index < -0.39 is 0 Å². The number of rotatable bonds is 4. The van der Waals surface area contributed by atoms with E-state index in [1.54, 1.807) is 11.3 Å². The molecule has 4 heteroatoms. The number of nitriles is 1. The molecule has 0 saturated carbocycles. The van der Waals surface area contributed by atoms with Gasteiger partial charge in [0.15, 0.2) is 0 Å². The summed E-state index contributed by atoms with van der Waals surface area (Å²) in [6, 6.07) is 4.21. The van der Waals surface area contributed by atoms with Gasteiger partial charge in [-0.25, -0.2) is 0 Å². The zero-order valence-corrected chi connectivity index (χ0v) is 9.86. The lowest BCUT2D eigenvalue weighted by molar-refractivity contribution is 0.317. The molecular weight excluding hydrogens is 248 g/mol. The molecule has 1 heterocycles. The first-order valence-corrected chi connectivity index (χ1v) is 5.76. The van der Waals surface area contributed by atoms with Crippen molar-refractivity contribution in [3.05, 3.63) is 20.8 Å². The Balaban J connectivity index is 2.57. The molecule has 0 aliphatic rings. The average Bonchev–Trinajstić information content (AvgIpc) is 2.51. The van der Waals surface area contributed by atoms with Crippen LogP contribution in [0.5, 0.6) is 0 Å². The molecule has 0 saturated heterocycles. The summed E-state index contributed by atoms with van der Waals surface area (Å²) in [4.78, 5) is 3.40. The first-order valence-electron chi connectivity index (χ1n) is 4.09. The Kier molecular flexibility index (Phi) is 4.43. The molecule has 1 aromatic heterocycles. The second-order valence-electron chi connectivity index (χ2n) is 2.65. The fraction of sp³-hybridized carbons (Fsp3) is 0.444.